The summed E-state index contributed by atoms with van der Waals surface area (Å²) in [5.74, 6) is 1.54. The first-order valence-corrected chi connectivity index (χ1v) is 8.43. The van der Waals surface area contributed by atoms with E-state index in [-0.39, 0.29) is 11.9 Å². The molecule has 1 fully saturated rings. The van der Waals surface area contributed by atoms with Gasteiger partial charge in [-0.15, -0.1) is 0 Å². The third-order valence-corrected chi connectivity index (χ3v) is 4.77. The molecule has 3 rings (SSSR count). The fraction of sp³-hybridized carbons (Fsp3) is 0.588. The lowest BCUT2D eigenvalue weighted by Gasteiger charge is -2.29. The van der Waals surface area contributed by atoms with Gasteiger partial charge in [0.1, 0.15) is 0 Å². The van der Waals surface area contributed by atoms with Gasteiger partial charge in [-0.2, -0.15) is 0 Å². The van der Waals surface area contributed by atoms with Gasteiger partial charge in [0.25, 0.3) is 5.91 Å². The number of halogens is 1. The van der Waals surface area contributed by atoms with Gasteiger partial charge in [0.15, 0.2) is 11.5 Å². The lowest BCUT2D eigenvalue weighted by Crippen LogP contribution is -2.41. The van der Waals surface area contributed by atoms with Crippen LogP contribution < -0.4 is 14.8 Å². The van der Waals surface area contributed by atoms with Crippen molar-refractivity contribution >= 4 is 17.5 Å². The van der Waals surface area contributed by atoms with E-state index in [0.29, 0.717) is 41.2 Å². The average Bonchev–Trinajstić information content (AvgIpc) is 2.75. The monoisotopic (exact) mass is 323 g/mol. The number of hydrogen-bond acceptors (Lipinski definition) is 3. The zero-order valence-corrected chi connectivity index (χ0v) is 13.6. The van der Waals surface area contributed by atoms with Crippen molar-refractivity contribution in [1.82, 2.24) is 5.32 Å². The second kappa shape index (κ2) is 6.78. The molecule has 120 valence electrons. The molecule has 2 atom stereocenters. The van der Waals surface area contributed by atoms with E-state index in [1.165, 1.54) is 19.3 Å². The molecule has 0 spiro atoms. The number of hydrogen-bond donors (Lipinski definition) is 1. The van der Waals surface area contributed by atoms with Crippen molar-refractivity contribution in [2.75, 3.05) is 13.2 Å². The predicted molar refractivity (Wildman–Crippen MR) is 85.9 cm³/mol. The molecule has 0 saturated heterocycles. The average molecular weight is 324 g/mol. The summed E-state index contributed by atoms with van der Waals surface area (Å²) >= 11 is 6.25. The molecule has 1 aliphatic carbocycles. The van der Waals surface area contributed by atoms with Crippen molar-refractivity contribution in [2.24, 2.45) is 5.92 Å². The van der Waals surface area contributed by atoms with Crippen molar-refractivity contribution in [2.45, 2.75) is 45.1 Å². The second-order valence-corrected chi connectivity index (χ2v) is 6.58. The molecule has 1 heterocycles. The van der Waals surface area contributed by atoms with Crippen LogP contribution in [-0.2, 0) is 0 Å². The number of fused-ring (bicyclic) bond motifs is 1. The molecular weight excluding hydrogens is 302 g/mol. The third kappa shape index (κ3) is 3.32. The van der Waals surface area contributed by atoms with Crippen LogP contribution in [0.1, 0.15) is 49.4 Å². The SMILES string of the molecule is CC1CCCCC1NC(=O)c1cc(Cl)c2c(c1)OCCCO2. The van der Waals surface area contributed by atoms with Gasteiger partial charge in [-0.25, -0.2) is 0 Å². The van der Waals surface area contributed by atoms with Crippen LogP contribution in [0.4, 0.5) is 0 Å². The summed E-state index contributed by atoms with van der Waals surface area (Å²) in [6.07, 6.45) is 5.46. The highest BCUT2D eigenvalue weighted by Gasteiger charge is 2.24. The number of rotatable bonds is 2. The zero-order valence-electron chi connectivity index (χ0n) is 12.9. The molecule has 22 heavy (non-hydrogen) atoms. The van der Waals surface area contributed by atoms with E-state index in [0.717, 1.165) is 12.8 Å². The summed E-state index contributed by atoms with van der Waals surface area (Å²) < 4.78 is 11.2. The highest BCUT2D eigenvalue weighted by atomic mass is 35.5. The number of ether oxygens (including phenoxy) is 2. The fourth-order valence-corrected chi connectivity index (χ4v) is 3.41. The van der Waals surface area contributed by atoms with Crippen molar-refractivity contribution in [3.05, 3.63) is 22.7 Å². The lowest BCUT2D eigenvalue weighted by atomic mass is 9.86. The quantitative estimate of drug-likeness (QED) is 0.900. The van der Waals surface area contributed by atoms with E-state index in [9.17, 15) is 4.79 Å². The van der Waals surface area contributed by atoms with E-state index in [1.54, 1.807) is 12.1 Å². The van der Waals surface area contributed by atoms with E-state index < -0.39 is 0 Å². The third-order valence-electron chi connectivity index (χ3n) is 4.49. The molecule has 1 aliphatic heterocycles. The Morgan fingerprint density at radius 3 is 2.77 bits per heavy atom. The summed E-state index contributed by atoms with van der Waals surface area (Å²) in [6, 6.07) is 3.64. The topological polar surface area (TPSA) is 47.6 Å². The molecular formula is C17H22ClNO3. The molecule has 2 unspecified atom stereocenters. The summed E-state index contributed by atoms with van der Waals surface area (Å²) in [5, 5.41) is 3.57. The van der Waals surface area contributed by atoms with Crippen LogP contribution in [0.3, 0.4) is 0 Å². The van der Waals surface area contributed by atoms with E-state index in [4.69, 9.17) is 21.1 Å². The molecule has 0 aromatic heterocycles. The van der Waals surface area contributed by atoms with Gasteiger partial charge < -0.3 is 14.8 Å². The molecule has 1 amide bonds. The first-order valence-electron chi connectivity index (χ1n) is 8.05. The molecule has 0 bridgehead atoms. The summed E-state index contributed by atoms with van der Waals surface area (Å²) in [4.78, 5) is 12.5. The normalized spacial score (nSPS) is 24.5. The maximum absolute atomic E-state index is 12.5. The zero-order chi connectivity index (χ0) is 15.5. The predicted octanol–water partition coefficient (Wildman–Crippen LogP) is 3.81. The molecule has 1 saturated carbocycles. The highest BCUT2D eigenvalue weighted by Crippen LogP contribution is 2.38. The first kappa shape index (κ1) is 15.5. The number of carbonyl (C=O) groups excluding carboxylic acids is 1. The van der Waals surface area contributed by atoms with Gasteiger partial charge in [0, 0.05) is 18.0 Å². The maximum atomic E-state index is 12.5. The van der Waals surface area contributed by atoms with Crippen molar-refractivity contribution in [3.8, 4) is 11.5 Å². The van der Waals surface area contributed by atoms with Gasteiger partial charge in [0.2, 0.25) is 0 Å². The van der Waals surface area contributed by atoms with Crippen LogP contribution in [0.15, 0.2) is 12.1 Å². The van der Waals surface area contributed by atoms with Gasteiger partial charge in [-0.1, -0.05) is 31.4 Å². The van der Waals surface area contributed by atoms with E-state index in [1.807, 2.05) is 0 Å². The van der Waals surface area contributed by atoms with Crippen LogP contribution in [-0.4, -0.2) is 25.2 Å². The Labute approximate surface area is 136 Å². The van der Waals surface area contributed by atoms with Gasteiger partial charge in [-0.05, 0) is 30.9 Å². The Morgan fingerprint density at radius 2 is 1.95 bits per heavy atom. The number of carbonyl (C=O) groups is 1. The fourth-order valence-electron chi connectivity index (χ4n) is 3.14. The van der Waals surface area contributed by atoms with Gasteiger partial charge >= 0.3 is 0 Å². The highest BCUT2D eigenvalue weighted by molar-refractivity contribution is 6.32. The van der Waals surface area contributed by atoms with Crippen LogP contribution in [0.5, 0.6) is 11.5 Å². The number of nitrogens with one attached hydrogen (secondary N) is 1. The van der Waals surface area contributed by atoms with E-state index >= 15 is 0 Å². The minimum atomic E-state index is -0.0868. The Hall–Kier alpha value is -1.42. The minimum Gasteiger partial charge on any atom is -0.489 e. The largest absolute Gasteiger partial charge is 0.489 e. The molecule has 4 nitrogen and oxygen atoms in total. The Balaban J connectivity index is 1.77. The van der Waals surface area contributed by atoms with Crippen molar-refractivity contribution in [3.63, 3.8) is 0 Å². The molecule has 1 aromatic rings. The number of benzene rings is 1. The molecule has 0 radical (unpaired) electrons. The smallest absolute Gasteiger partial charge is 0.251 e. The molecule has 2 aliphatic rings. The van der Waals surface area contributed by atoms with E-state index in [2.05, 4.69) is 12.2 Å². The lowest BCUT2D eigenvalue weighted by molar-refractivity contribution is 0.0910. The second-order valence-electron chi connectivity index (χ2n) is 6.18. The van der Waals surface area contributed by atoms with Crippen LogP contribution in [0.2, 0.25) is 5.02 Å². The molecule has 1 aromatic carbocycles. The van der Waals surface area contributed by atoms with Crippen LogP contribution >= 0.6 is 11.6 Å². The van der Waals surface area contributed by atoms with Gasteiger partial charge in [0.05, 0.1) is 18.2 Å². The van der Waals surface area contributed by atoms with Crippen molar-refractivity contribution < 1.29 is 14.3 Å². The summed E-state index contributed by atoms with van der Waals surface area (Å²) in [7, 11) is 0. The standard InChI is InChI=1S/C17H22ClNO3/c1-11-5-2-3-6-14(11)19-17(20)12-9-13(18)16-15(10-12)21-7-4-8-22-16/h9-11,14H,2-8H2,1H3,(H,19,20). The van der Waals surface area contributed by atoms with Gasteiger partial charge in [-0.3, -0.25) is 4.79 Å². The Kier molecular flexibility index (Phi) is 4.77. The summed E-state index contributed by atoms with van der Waals surface area (Å²) in [5.41, 5.74) is 0.534. The summed E-state index contributed by atoms with van der Waals surface area (Å²) in [6.45, 7) is 3.36. The van der Waals surface area contributed by atoms with Crippen LogP contribution in [0, 0.1) is 5.92 Å². The maximum Gasteiger partial charge on any atom is 0.251 e. The van der Waals surface area contributed by atoms with Crippen LogP contribution in [0.25, 0.3) is 0 Å². The Morgan fingerprint density at radius 1 is 1.18 bits per heavy atom. The van der Waals surface area contributed by atoms with Crippen molar-refractivity contribution in [1.29, 1.82) is 0 Å². The number of amides is 1. The first-order chi connectivity index (χ1) is 10.6. The minimum absolute atomic E-state index is 0.0868. The molecule has 5 heteroatoms. The Bertz CT molecular complexity index is 561. The molecule has 1 N–H and O–H groups in total.